The summed E-state index contributed by atoms with van der Waals surface area (Å²) in [6.45, 7) is 1.80. The second-order valence-corrected chi connectivity index (χ2v) is 5.54. The minimum atomic E-state index is -4.28. The Bertz CT molecular complexity index is 697. The van der Waals surface area contributed by atoms with Gasteiger partial charge in [-0.25, -0.2) is 0 Å². The lowest BCUT2D eigenvalue weighted by Gasteiger charge is -2.40. The van der Waals surface area contributed by atoms with Crippen molar-refractivity contribution in [2.24, 2.45) is 5.92 Å². The highest BCUT2D eigenvalue weighted by atomic mass is 19.4. The molecule has 2 atom stereocenters. The second-order valence-electron chi connectivity index (χ2n) is 5.54. The first-order valence-electron chi connectivity index (χ1n) is 7.05. The number of hydrogen-bond donors (Lipinski definition) is 0. The van der Waals surface area contributed by atoms with Crippen molar-refractivity contribution in [1.29, 1.82) is 0 Å². The van der Waals surface area contributed by atoms with Crippen molar-refractivity contribution in [3.8, 4) is 0 Å². The van der Waals surface area contributed by atoms with Crippen LogP contribution in [0.5, 0.6) is 0 Å². The molecule has 0 aromatic carbocycles. The third-order valence-electron chi connectivity index (χ3n) is 4.21. The zero-order valence-electron chi connectivity index (χ0n) is 11.9. The lowest BCUT2D eigenvalue weighted by molar-refractivity contribution is -0.195. The van der Waals surface area contributed by atoms with Gasteiger partial charge in [0.15, 0.2) is 5.65 Å². The molecule has 0 aliphatic carbocycles. The molecule has 1 aliphatic heterocycles. The van der Waals surface area contributed by atoms with Crippen molar-refractivity contribution in [2.45, 2.75) is 32.0 Å². The first-order valence-corrected chi connectivity index (χ1v) is 7.05. The van der Waals surface area contributed by atoms with Crippen LogP contribution in [0.4, 0.5) is 13.2 Å². The van der Waals surface area contributed by atoms with E-state index >= 15 is 0 Å². The highest BCUT2D eigenvalue weighted by molar-refractivity contribution is 5.94. The number of alkyl halides is 3. The molecule has 5 nitrogen and oxygen atoms in total. The summed E-state index contributed by atoms with van der Waals surface area (Å²) in [6, 6.07) is 2.32. The first kappa shape index (κ1) is 14.8. The normalized spacial score (nSPS) is 23.0. The predicted octanol–water partition coefficient (Wildman–Crippen LogP) is 2.53. The smallest absolute Gasteiger partial charge is 0.335 e. The topological polar surface area (TPSA) is 50.5 Å². The molecule has 1 aliphatic rings. The van der Waals surface area contributed by atoms with Gasteiger partial charge in [0.2, 0.25) is 0 Å². The van der Waals surface area contributed by atoms with Crippen molar-refractivity contribution in [3.63, 3.8) is 0 Å². The number of carbonyl (C=O) groups is 1. The number of rotatable bonds is 1. The van der Waals surface area contributed by atoms with E-state index in [1.165, 1.54) is 18.2 Å². The molecule has 22 heavy (non-hydrogen) atoms. The quantitative estimate of drug-likeness (QED) is 0.813. The van der Waals surface area contributed by atoms with E-state index in [4.69, 9.17) is 0 Å². The Morgan fingerprint density at radius 3 is 2.86 bits per heavy atom. The predicted molar refractivity (Wildman–Crippen MR) is 72.3 cm³/mol. The molecular weight excluding hydrogens is 297 g/mol. The fraction of sp³-hybridized carbons (Fsp3) is 0.500. The van der Waals surface area contributed by atoms with Crippen LogP contribution in [0.1, 0.15) is 30.1 Å². The Morgan fingerprint density at radius 1 is 1.36 bits per heavy atom. The molecule has 0 bridgehead atoms. The van der Waals surface area contributed by atoms with Gasteiger partial charge < -0.3 is 4.90 Å². The van der Waals surface area contributed by atoms with E-state index in [2.05, 4.69) is 10.2 Å². The summed E-state index contributed by atoms with van der Waals surface area (Å²) in [5, 5.41) is 7.54. The highest BCUT2D eigenvalue weighted by Crippen LogP contribution is 2.37. The zero-order chi connectivity index (χ0) is 15.9. The van der Waals surface area contributed by atoms with Crippen molar-refractivity contribution in [3.05, 3.63) is 30.2 Å². The number of nitrogens with zero attached hydrogens (tertiary/aromatic N) is 4. The Labute approximate surface area is 124 Å². The molecule has 1 fully saturated rings. The molecule has 1 saturated heterocycles. The number of aromatic nitrogens is 3. The van der Waals surface area contributed by atoms with Gasteiger partial charge in [0, 0.05) is 18.8 Å². The summed E-state index contributed by atoms with van der Waals surface area (Å²) in [5.74, 6) is -1.86. The van der Waals surface area contributed by atoms with Gasteiger partial charge in [-0.1, -0.05) is 0 Å². The number of amides is 1. The molecule has 3 rings (SSSR count). The van der Waals surface area contributed by atoms with E-state index in [1.807, 2.05) is 0 Å². The number of likely N-dealkylation sites (tertiary alicyclic amines) is 1. The summed E-state index contributed by atoms with van der Waals surface area (Å²) in [6.07, 6.45) is -0.865. The standard InChI is InChI=1S/C14H15F3N4O/c1-9-11(14(15,16)17)3-2-6-21(9)13(22)10-4-5-12-19-18-8-20(12)7-10/h4-5,7-9,11H,2-3,6H2,1H3. The fourth-order valence-electron chi connectivity index (χ4n) is 2.99. The molecule has 2 aromatic heterocycles. The van der Waals surface area contributed by atoms with Gasteiger partial charge >= 0.3 is 6.18 Å². The van der Waals surface area contributed by atoms with E-state index in [-0.39, 0.29) is 6.42 Å². The number of pyridine rings is 1. The fourth-order valence-corrected chi connectivity index (χ4v) is 2.99. The van der Waals surface area contributed by atoms with Crippen molar-refractivity contribution in [1.82, 2.24) is 19.5 Å². The average Bonchev–Trinajstić information content (AvgIpc) is 2.93. The molecule has 0 saturated carbocycles. The van der Waals surface area contributed by atoms with Crippen molar-refractivity contribution in [2.75, 3.05) is 6.54 Å². The van der Waals surface area contributed by atoms with Crippen molar-refractivity contribution >= 4 is 11.6 Å². The van der Waals surface area contributed by atoms with Gasteiger partial charge in [-0.05, 0) is 31.9 Å². The van der Waals surface area contributed by atoms with Crippen molar-refractivity contribution < 1.29 is 18.0 Å². The minimum Gasteiger partial charge on any atom is -0.335 e. The van der Waals surface area contributed by atoms with E-state index in [9.17, 15) is 18.0 Å². The highest BCUT2D eigenvalue weighted by Gasteiger charge is 2.47. The molecule has 2 unspecified atom stereocenters. The molecule has 8 heteroatoms. The zero-order valence-corrected chi connectivity index (χ0v) is 11.9. The SMILES string of the molecule is CC1C(C(F)(F)F)CCCN1C(=O)c1ccc2nncn2c1. The van der Waals surface area contributed by atoms with Gasteiger partial charge in [0.1, 0.15) is 6.33 Å². The summed E-state index contributed by atoms with van der Waals surface area (Å²) in [4.78, 5) is 13.9. The third kappa shape index (κ3) is 2.53. The summed E-state index contributed by atoms with van der Waals surface area (Å²) in [5.41, 5.74) is 0.915. The number of fused-ring (bicyclic) bond motifs is 1. The average molecular weight is 312 g/mol. The summed E-state index contributed by atoms with van der Waals surface area (Å²) in [7, 11) is 0. The summed E-state index contributed by atoms with van der Waals surface area (Å²) < 4.78 is 40.7. The van der Waals surface area contributed by atoms with Gasteiger partial charge in [-0.15, -0.1) is 10.2 Å². The molecule has 2 aromatic rings. The molecule has 0 radical (unpaired) electrons. The molecule has 0 spiro atoms. The lowest BCUT2D eigenvalue weighted by Crippen LogP contribution is -2.51. The van der Waals surface area contributed by atoms with Gasteiger partial charge in [0.25, 0.3) is 5.91 Å². The van der Waals surface area contributed by atoms with E-state index < -0.39 is 24.0 Å². The van der Waals surface area contributed by atoms with Crippen LogP contribution in [0.15, 0.2) is 24.7 Å². The maximum absolute atomic E-state index is 13.0. The van der Waals surface area contributed by atoms with E-state index in [0.29, 0.717) is 24.2 Å². The largest absolute Gasteiger partial charge is 0.393 e. The van der Waals surface area contributed by atoms with Crippen LogP contribution in [-0.2, 0) is 0 Å². The second kappa shape index (κ2) is 5.26. The van der Waals surface area contributed by atoms with Gasteiger partial charge in [-0.3, -0.25) is 9.20 Å². The van der Waals surface area contributed by atoms with Crippen LogP contribution in [0.3, 0.4) is 0 Å². The van der Waals surface area contributed by atoms with Gasteiger partial charge in [-0.2, -0.15) is 13.2 Å². The maximum Gasteiger partial charge on any atom is 0.393 e. The Morgan fingerprint density at radius 2 is 2.14 bits per heavy atom. The lowest BCUT2D eigenvalue weighted by atomic mass is 9.89. The Balaban J connectivity index is 1.87. The van der Waals surface area contributed by atoms with Crippen LogP contribution in [0.25, 0.3) is 5.65 Å². The Hall–Kier alpha value is -2.12. The molecule has 1 amide bonds. The van der Waals surface area contributed by atoms with E-state index in [1.54, 1.807) is 22.7 Å². The van der Waals surface area contributed by atoms with Gasteiger partial charge in [0.05, 0.1) is 11.5 Å². The Kier molecular flexibility index (Phi) is 3.54. The maximum atomic E-state index is 13.0. The van der Waals surface area contributed by atoms with Crippen LogP contribution in [0.2, 0.25) is 0 Å². The molecule has 0 N–H and O–H groups in total. The minimum absolute atomic E-state index is 0.0684. The van der Waals surface area contributed by atoms with E-state index in [0.717, 1.165) is 0 Å². The first-order chi connectivity index (χ1) is 10.4. The molecular formula is C14H15F3N4O. The van der Waals surface area contributed by atoms with Crippen LogP contribution in [0, 0.1) is 5.92 Å². The number of piperidine rings is 1. The summed E-state index contributed by atoms with van der Waals surface area (Å²) >= 11 is 0. The number of carbonyl (C=O) groups excluding carboxylic acids is 1. The number of halogens is 3. The molecule has 118 valence electrons. The molecule has 3 heterocycles. The van der Waals surface area contributed by atoms with Crippen LogP contribution < -0.4 is 0 Å². The van der Waals surface area contributed by atoms with Crippen LogP contribution in [-0.4, -0.2) is 44.2 Å². The third-order valence-corrected chi connectivity index (χ3v) is 4.21. The number of hydrogen-bond acceptors (Lipinski definition) is 3. The van der Waals surface area contributed by atoms with Crippen LogP contribution >= 0.6 is 0 Å². The monoisotopic (exact) mass is 312 g/mol.